The summed E-state index contributed by atoms with van der Waals surface area (Å²) in [6, 6.07) is 19.2. The van der Waals surface area contributed by atoms with Gasteiger partial charge in [0.15, 0.2) is 16.9 Å². The fourth-order valence-electron chi connectivity index (χ4n) is 3.53. The molecule has 1 unspecified atom stereocenters. The van der Waals surface area contributed by atoms with Gasteiger partial charge in [0.25, 0.3) is 5.56 Å². The van der Waals surface area contributed by atoms with Gasteiger partial charge in [-0.1, -0.05) is 54.2 Å². The Morgan fingerprint density at radius 1 is 1.16 bits per heavy atom. The molecule has 0 saturated heterocycles. The van der Waals surface area contributed by atoms with E-state index in [1.165, 1.54) is 23.1 Å². The highest BCUT2D eigenvalue weighted by molar-refractivity contribution is 7.99. The van der Waals surface area contributed by atoms with E-state index in [1.54, 1.807) is 16.7 Å². The molecule has 0 spiro atoms. The van der Waals surface area contributed by atoms with Gasteiger partial charge in [-0.2, -0.15) is 5.26 Å². The minimum Gasteiger partial charge on any atom is -0.297 e. The summed E-state index contributed by atoms with van der Waals surface area (Å²) in [7, 11) is 0. The number of nitriles is 1. The number of hydrogen-bond donors (Lipinski definition) is 0. The van der Waals surface area contributed by atoms with Gasteiger partial charge < -0.3 is 0 Å². The van der Waals surface area contributed by atoms with E-state index in [1.807, 2.05) is 47.8 Å². The highest BCUT2D eigenvalue weighted by atomic mass is 32.2. The molecule has 1 aliphatic rings. The first-order valence-electron chi connectivity index (χ1n) is 10.2. The summed E-state index contributed by atoms with van der Waals surface area (Å²) in [5.41, 5.74) is 2.25. The van der Waals surface area contributed by atoms with Crippen LogP contribution in [-0.2, 0) is 4.79 Å². The van der Waals surface area contributed by atoms with Crippen molar-refractivity contribution in [3.63, 3.8) is 0 Å². The van der Waals surface area contributed by atoms with Crippen molar-refractivity contribution in [1.29, 1.82) is 5.26 Å². The average Bonchev–Trinajstić information content (AvgIpc) is 3.54. The number of thiazole rings is 1. The minimum absolute atomic E-state index is 0.0516. The number of carbonyl (C=O) groups is 1. The number of carbonyl (C=O) groups excluding carboxylic acids is 1. The van der Waals surface area contributed by atoms with Crippen LogP contribution in [0.15, 0.2) is 69.9 Å². The van der Waals surface area contributed by atoms with Crippen LogP contribution in [-0.4, -0.2) is 26.1 Å². The lowest BCUT2D eigenvalue weighted by Crippen LogP contribution is -2.23. The van der Waals surface area contributed by atoms with E-state index in [4.69, 9.17) is 0 Å². The van der Waals surface area contributed by atoms with E-state index in [2.05, 4.69) is 16.0 Å². The van der Waals surface area contributed by atoms with Gasteiger partial charge in [-0.25, -0.2) is 9.97 Å². The fraction of sp³-hybridized carbons (Fsp3) is 0.208. The number of para-hydroxylation sites is 1. The predicted molar refractivity (Wildman–Crippen MR) is 126 cm³/mol. The summed E-state index contributed by atoms with van der Waals surface area (Å²) in [4.78, 5) is 35.1. The molecular formula is C24H18N4O2S2. The van der Waals surface area contributed by atoms with E-state index < -0.39 is 5.92 Å². The first kappa shape index (κ1) is 20.6. The molecule has 1 saturated carbocycles. The molecule has 8 heteroatoms. The monoisotopic (exact) mass is 458 g/mol. The Kier molecular flexibility index (Phi) is 5.60. The van der Waals surface area contributed by atoms with Crippen molar-refractivity contribution in [1.82, 2.24) is 14.5 Å². The molecule has 5 rings (SSSR count). The Morgan fingerprint density at radius 2 is 1.91 bits per heavy atom. The van der Waals surface area contributed by atoms with Crippen molar-refractivity contribution in [2.24, 2.45) is 0 Å². The minimum atomic E-state index is -0.938. The van der Waals surface area contributed by atoms with Crippen LogP contribution in [0, 0.1) is 11.3 Å². The van der Waals surface area contributed by atoms with Gasteiger partial charge >= 0.3 is 0 Å². The number of Topliss-reactive ketones (excluding diaryl/α,β-unsaturated/α-hetero) is 1. The molecule has 2 aromatic carbocycles. The van der Waals surface area contributed by atoms with Gasteiger partial charge in [0.2, 0.25) is 0 Å². The molecule has 1 atom stereocenters. The Bertz CT molecular complexity index is 1400. The van der Waals surface area contributed by atoms with Gasteiger partial charge in [-0.15, -0.1) is 11.3 Å². The van der Waals surface area contributed by atoms with Crippen molar-refractivity contribution < 1.29 is 4.79 Å². The molecule has 1 aliphatic carbocycles. The van der Waals surface area contributed by atoms with Crippen molar-refractivity contribution in [2.45, 2.75) is 30.0 Å². The summed E-state index contributed by atoms with van der Waals surface area (Å²) in [5.74, 6) is -1.13. The second-order valence-corrected chi connectivity index (χ2v) is 9.40. The van der Waals surface area contributed by atoms with Crippen LogP contribution in [0.25, 0.3) is 22.2 Å². The Hall–Kier alpha value is -3.28. The summed E-state index contributed by atoms with van der Waals surface area (Å²) in [5, 5.41) is 13.2. The lowest BCUT2D eigenvalue weighted by molar-refractivity contribution is -0.116. The van der Waals surface area contributed by atoms with Crippen LogP contribution in [0.3, 0.4) is 0 Å². The zero-order valence-corrected chi connectivity index (χ0v) is 18.6. The van der Waals surface area contributed by atoms with E-state index in [0.717, 1.165) is 24.1 Å². The molecule has 6 nitrogen and oxygen atoms in total. The standard InChI is InChI=1S/C24H18N4O2S2/c25-12-18(22-26-20(13-31-22)15-6-2-1-3-7-15)21(29)14-32-24-27-19-9-5-4-8-17(19)23(30)28(24)16-10-11-16/h1-9,13,16,18H,10-11,14H2. The second kappa shape index (κ2) is 8.69. The highest BCUT2D eigenvalue weighted by Crippen LogP contribution is 2.37. The summed E-state index contributed by atoms with van der Waals surface area (Å²) in [6.45, 7) is 0. The van der Waals surface area contributed by atoms with Crippen LogP contribution in [0.2, 0.25) is 0 Å². The van der Waals surface area contributed by atoms with Crippen molar-refractivity contribution in [2.75, 3.05) is 5.75 Å². The first-order chi connectivity index (χ1) is 15.7. The normalized spacial score (nSPS) is 14.2. The third-order valence-electron chi connectivity index (χ3n) is 5.32. The topological polar surface area (TPSA) is 88.6 Å². The number of aromatic nitrogens is 3. The summed E-state index contributed by atoms with van der Waals surface area (Å²) >= 11 is 2.54. The fourth-order valence-corrected chi connectivity index (χ4v) is 5.39. The zero-order valence-electron chi connectivity index (χ0n) is 17.0. The number of hydrogen-bond acceptors (Lipinski definition) is 7. The number of rotatable bonds is 7. The van der Waals surface area contributed by atoms with Crippen molar-refractivity contribution >= 4 is 39.8 Å². The number of ketones is 1. The molecule has 4 aromatic rings. The van der Waals surface area contributed by atoms with Gasteiger partial charge in [0.1, 0.15) is 5.01 Å². The Balaban J connectivity index is 1.38. The molecule has 0 radical (unpaired) electrons. The average molecular weight is 459 g/mol. The van der Waals surface area contributed by atoms with Crippen molar-refractivity contribution in [3.05, 3.63) is 75.3 Å². The zero-order chi connectivity index (χ0) is 22.1. The lowest BCUT2D eigenvalue weighted by atomic mass is 10.1. The molecule has 1 fully saturated rings. The maximum Gasteiger partial charge on any atom is 0.262 e. The number of fused-ring (bicyclic) bond motifs is 1. The van der Waals surface area contributed by atoms with Gasteiger partial charge in [-0.3, -0.25) is 14.2 Å². The summed E-state index contributed by atoms with van der Waals surface area (Å²) < 4.78 is 1.71. The maximum atomic E-state index is 13.0. The smallest absolute Gasteiger partial charge is 0.262 e. The van der Waals surface area contributed by atoms with Crippen LogP contribution >= 0.6 is 23.1 Å². The maximum absolute atomic E-state index is 13.0. The Labute approximate surface area is 192 Å². The lowest BCUT2D eigenvalue weighted by Gasteiger charge is -2.12. The van der Waals surface area contributed by atoms with Gasteiger partial charge in [0, 0.05) is 17.0 Å². The van der Waals surface area contributed by atoms with Crippen LogP contribution in [0.4, 0.5) is 0 Å². The second-order valence-electron chi connectivity index (χ2n) is 7.57. The van der Waals surface area contributed by atoms with E-state index in [-0.39, 0.29) is 23.1 Å². The molecule has 0 N–H and O–H groups in total. The van der Waals surface area contributed by atoms with Crippen molar-refractivity contribution in [3.8, 4) is 17.3 Å². The number of thioether (sulfide) groups is 1. The molecule has 0 amide bonds. The largest absolute Gasteiger partial charge is 0.297 e. The molecule has 0 bridgehead atoms. The van der Waals surface area contributed by atoms with Crippen LogP contribution in [0.1, 0.15) is 29.8 Å². The number of benzene rings is 2. The Morgan fingerprint density at radius 3 is 2.66 bits per heavy atom. The third kappa shape index (κ3) is 3.97. The SMILES string of the molecule is N#CC(C(=O)CSc1nc2ccccc2c(=O)n1C1CC1)c1nc(-c2ccccc2)cs1. The molecule has 0 aliphatic heterocycles. The first-order valence-corrected chi connectivity index (χ1v) is 12.1. The highest BCUT2D eigenvalue weighted by Gasteiger charge is 2.30. The van der Waals surface area contributed by atoms with E-state index in [9.17, 15) is 14.9 Å². The van der Waals surface area contributed by atoms with E-state index >= 15 is 0 Å². The molecular weight excluding hydrogens is 440 g/mol. The quantitative estimate of drug-likeness (QED) is 0.291. The van der Waals surface area contributed by atoms with Crippen LogP contribution in [0.5, 0.6) is 0 Å². The summed E-state index contributed by atoms with van der Waals surface area (Å²) in [6.07, 6.45) is 1.87. The molecule has 32 heavy (non-hydrogen) atoms. The van der Waals surface area contributed by atoms with E-state index in [0.29, 0.717) is 21.1 Å². The predicted octanol–water partition coefficient (Wildman–Crippen LogP) is 4.82. The molecule has 158 valence electrons. The van der Waals surface area contributed by atoms with Crippen LogP contribution < -0.4 is 5.56 Å². The van der Waals surface area contributed by atoms with Gasteiger partial charge in [-0.05, 0) is 25.0 Å². The third-order valence-corrected chi connectivity index (χ3v) is 7.21. The van der Waals surface area contributed by atoms with Gasteiger partial charge in [0.05, 0.1) is 28.4 Å². The molecule has 2 heterocycles. The molecule has 2 aromatic heterocycles. The number of nitrogens with zero attached hydrogens (tertiary/aromatic N) is 4.